The Bertz CT molecular complexity index is 679. The number of methoxy groups -OCH3 is 1. The summed E-state index contributed by atoms with van der Waals surface area (Å²) in [5, 5.41) is 2.94. The molecular weight excluding hydrogens is 304 g/mol. The molecule has 0 spiro atoms. The number of carbonyl (C=O) groups excluding carboxylic acids is 1. The van der Waals surface area contributed by atoms with Gasteiger partial charge >= 0.3 is 0 Å². The second-order valence-corrected chi connectivity index (χ2v) is 5.64. The van der Waals surface area contributed by atoms with E-state index in [1.165, 1.54) is 0 Å². The summed E-state index contributed by atoms with van der Waals surface area (Å²) in [5.74, 6) is 0.690. The van der Waals surface area contributed by atoms with Gasteiger partial charge in [0.15, 0.2) is 0 Å². The maximum atomic E-state index is 12.3. The lowest BCUT2D eigenvalue weighted by molar-refractivity contribution is 0.0950. The number of para-hydroxylation sites is 1. The SMILES string of the molecule is COc1ccccc1CNC(=O)c1ccc(N2CCOCC2)cc1. The standard InChI is InChI=1S/C19H22N2O3/c1-23-18-5-3-2-4-16(18)14-20-19(22)15-6-8-17(9-7-15)21-10-12-24-13-11-21/h2-9H,10-14H2,1H3,(H,20,22). The zero-order valence-electron chi connectivity index (χ0n) is 13.8. The zero-order valence-corrected chi connectivity index (χ0v) is 13.8. The number of rotatable bonds is 5. The number of ether oxygens (including phenoxy) is 2. The van der Waals surface area contributed by atoms with Gasteiger partial charge in [-0.05, 0) is 30.3 Å². The molecule has 5 heteroatoms. The van der Waals surface area contributed by atoms with E-state index in [9.17, 15) is 4.79 Å². The number of hydrogen-bond donors (Lipinski definition) is 1. The van der Waals surface area contributed by atoms with Gasteiger partial charge in [0, 0.05) is 36.4 Å². The normalized spacial score (nSPS) is 14.3. The predicted molar refractivity (Wildman–Crippen MR) is 93.6 cm³/mol. The summed E-state index contributed by atoms with van der Waals surface area (Å²) < 4.78 is 10.7. The largest absolute Gasteiger partial charge is 0.496 e. The number of carbonyl (C=O) groups is 1. The fraction of sp³-hybridized carbons (Fsp3) is 0.316. The summed E-state index contributed by atoms with van der Waals surface area (Å²) >= 11 is 0. The van der Waals surface area contributed by atoms with Crippen LogP contribution >= 0.6 is 0 Å². The van der Waals surface area contributed by atoms with Crippen molar-refractivity contribution in [1.82, 2.24) is 5.32 Å². The van der Waals surface area contributed by atoms with Gasteiger partial charge in [-0.1, -0.05) is 18.2 Å². The van der Waals surface area contributed by atoms with Crippen LogP contribution in [0.25, 0.3) is 0 Å². The van der Waals surface area contributed by atoms with Crippen molar-refractivity contribution in [2.24, 2.45) is 0 Å². The molecule has 0 bridgehead atoms. The maximum absolute atomic E-state index is 12.3. The monoisotopic (exact) mass is 326 g/mol. The van der Waals surface area contributed by atoms with Gasteiger partial charge in [-0.25, -0.2) is 0 Å². The minimum atomic E-state index is -0.0885. The third-order valence-corrected chi connectivity index (χ3v) is 4.14. The van der Waals surface area contributed by atoms with Gasteiger partial charge in [0.1, 0.15) is 5.75 Å². The van der Waals surface area contributed by atoms with E-state index in [0.717, 1.165) is 43.3 Å². The minimum Gasteiger partial charge on any atom is -0.496 e. The number of nitrogens with zero attached hydrogens (tertiary/aromatic N) is 1. The molecule has 3 rings (SSSR count). The molecule has 0 aromatic heterocycles. The molecule has 5 nitrogen and oxygen atoms in total. The topological polar surface area (TPSA) is 50.8 Å². The highest BCUT2D eigenvalue weighted by Crippen LogP contribution is 2.18. The van der Waals surface area contributed by atoms with E-state index in [4.69, 9.17) is 9.47 Å². The Morgan fingerprint density at radius 1 is 1.12 bits per heavy atom. The third kappa shape index (κ3) is 3.86. The van der Waals surface area contributed by atoms with Gasteiger partial charge in [0.2, 0.25) is 0 Å². The maximum Gasteiger partial charge on any atom is 0.251 e. The molecule has 0 saturated carbocycles. The summed E-state index contributed by atoms with van der Waals surface area (Å²) in [6.45, 7) is 3.72. The molecule has 1 amide bonds. The smallest absolute Gasteiger partial charge is 0.251 e. The van der Waals surface area contributed by atoms with Crippen LogP contribution in [0.3, 0.4) is 0 Å². The molecule has 24 heavy (non-hydrogen) atoms. The van der Waals surface area contributed by atoms with Crippen LogP contribution in [0, 0.1) is 0 Å². The molecule has 2 aromatic carbocycles. The van der Waals surface area contributed by atoms with Crippen LogP contribution in [0.2, 0.25) is 0 Å². The molecule has 1 N–H and O–H groups in total. The van der Waals surface area contributed by atoms with Crippen molar-refractivity contribution < 1.29 is 14.3 Å². The Morgan fingerprint density at radius 3 is 2.54 bits per heavy atom. The molecule has 0 atom stereocenters. The first-order valence-corrected chi connectivity index (χ1v) is 8.11. The van der Waals surface area contributed by atoms with Gasteiger partial charge in [-0.2, -0.15) is 0 Å². The van der Waals surface area contributed by atoms with Gasteiger partial charge in [0.25, 0.3) is 5.91 Å². The number of amides is 1. The predicted octanol–water partition coefficient (Wildman–Crippen LogP) is 2.46. The Hall–Kier alpha value is -2.53. The lowest BCUT2D eigenvalue weighted by atomic mass is 10.1. The van der Waals surface area contributed by atoms with Gasteiger partial charge < -0.3 is 19.7 Å². The van der Waals surface area contributed by atoms with Crippen molar-refractivity contribution in [1.29, 1.82) is 0 Å². The van der Waals surface area contributed by atoms with Crippen LogP contribution in [0.5, 0.6) is 5.75 Å². The van der Waals surface area contributed by atoms with E-state index in [2.05, 4.69) is 10.2 Å². The van der Waals surface area contributed by atoms with E-state index in [1.807, 2.05) is 48.5 Å². The first kappa shape index (κ1) is 16.3. The number of hydrogen-bond acceptors (Lipinski definition) is 4. The first-order valence-electron chi connectivity index (χ1n) is 8.11. The second kappa shape index (κ2) is 7.84. The van der Waals surface area contributed by atoms with Crippen LogP contribution in [-0.4, -0.2) is 39.3 Å². The summed E-state index contributed by atoms with van der Waals surface area (Å²) in [5.41, 5.74) is 2.74. The molecule has 1 heterocycles. The van der Waals surface area contributed by atoms with E-state index in [0.29, 0.717) is 12.1 Å². The van der Waals surface area contributed by atoms with E-state index >= 15 is 0 Å². The number of anilines is 1. The average molecular weight is 326 g/mol. The molecule has 2 aromatic rings. The van der Waals surface area contributed by atoms with Crippen molar-refractivity contribution in [3.63, 3.8) is 0 Å². The van der Waals surface area contributed by atoms with Crippen molar-refractivity contribution in [2.45, 2.75) is 6.54 Å². The van der Waals surface area contributed by atoms with Crippen LogP contribution in [-0.2, 0) is 11.3 Å². The zero-order chi connectivity index (χ0) is 16.8. The summed E-state index contributed by atoms with van der Waals surface area (Å²) in [4.78, 5) is 14.6. The van der Waals surface area contributed by atoms with Crippen LogP contribution in [0.15, 0.2) is 48.5 Å². The molecular formula is C19H22N2O3. The summed E-state index contributed by atoms with van der Waals surface area (Å²) in [6.07, 6.45) is 0. The van der Waals surface area contributed by atoms with E-state index in [1.54, 1.807) is 7.11 Å². The van der Waals surface area contributed by atoms with Crippen LogP contribution in [0.1, 0.15) is 15.9 Å². The quantitative estimate of drug-likeness (QED) is 0.917. The van der Waals surface area contributed by atoms with Gasteiger partial charge in [0.05, 0.1) is 20.3 Å². The molecule has 1 aliphatic heterocycles. The fourth-order valence-corrected chi connectivity index (χ4v) is 2.77. The lowest BCUT2D eigenvalue weighted by Crippen LogP contribution is -2.36. The number of nitrogens with one attached hydrogen (secondary N) is 1. The third-order valence-electron chi connectivity index (χ3n) is 4.14. The Labute approximate surface area is 142 Å². The van der Waals surface area contributed by atoms with Crippen molar-refractivity contribution in [3.8, 4) is 5.75 Å². The number of benzene rings is 2. The molecule has 126 valence electrons. The lowest BCUT2D eigenvalue weighted by Gasteiger charge is -2.28. The minimum absolute atomic E-state index is 0.0885. The van der Waals surface area contributed by atoms with Gasteiger partial charge in [-0.3, -0.25) is 4.79 Å². The molecule has 0 radical (unpaired) electrons. The van der Waals surface area contributed by atoms with Crippen molar-refractivity contribution in [2.75, 3.05) is 38.3 Å². The van der Waals surface area contributed by atoms with Crippen LogP contribution in [0.4, 0.5) is 5.69 Å². The fourth-order valence-electron chi connectivity index (χ4n) is 2.77. The second-order valence-electron chi connectivity index (χ2n) is 5.64. The van der Waals surface area contributed by atoms with Crippen LogP contribution < -0.4 is 15.0 Å². The Balaban J connectivity index is 1.60. The molecule has 1 saturated heterocycles. The van der Waals surface area contributed by atoms with E-state index < -0.39 is 0 Å². The van der Waals surface area contributed by atoms with Crippen molar-refractivity contribution in [3.05, 3.63) is 59.7 Å². The summed E-state index contributed by atoms with van der Waals surface area (Å²) in [6, 6.07) is 15.4. The van der Waals surface area contributed by atoms with Crippen molar-refractivity contribution >= 4 is 11.6 Å². The number of morpholine rings is 1. The molecule has 0 unspecified atom stereocenters. The highest BCUT2D eigenvalue weighted by Gasteiger charge is 2.12. The Morgan fingerprint density at radius 2 is 1.83 bits per heavy atom. The van der Waals surface area contributed by atoms with Gasteiger partial charge in [-0.15, -0.1) is 0 Å². The Kier molecular flexibility index (Phi) is 5.33. The first-order chi connectivity index (χ1) is 11.8. The average Bonchev–Trinajstić information content (AvgIpc) is 2.67. The summed E-state index contributed by atoms with van der Waals surface area (Å²) in [7, 11) is 1.63. The molecule has 1 aliphatic rings. The molecule has 0 aliphatic carbocycles. The molecule has 1 fully saturated rings. The highest BCUT2D eigenvalue weighted by atomic mass is 16.5. The van der Waals surface area contributed by atoms with E-state index in [-0.39, 0.29) is 5.91 Å². The highest BCUT2D eigenvalue weighted by molar-refractivity contribution is 5.94.